The minimum absolute atomic E-state index is 0.218. The molecule has 2 aromatic carbocycles. The van der Waals surface area contributed by atoms with Crippen LogP contribution in [0.15, 0.2) is 64.1 Å². The van der Waals surface area contributed by atoms with Crippen LogP contribution in [0, 0.1) is 20.2 Å². The Morgan fingerprint density at radius 2 is 1.70 bits per heavy atom. The lowest BCUT2D eigenvalue weighted by atomic mass is 10.1. The van der Waals surface area contributed by atoms with E-state index in [2.05, 4.69) is 0 Å². The molecule has 27 heavy (non-hydrogen) atoms. The predicted molar refractivity (Wildman–Crippen MR) is 103 cm³/mol. The third-order valence-electron chi connectivity index (χ3n) is 3.93. The monoisotopic (exact) mass is 406 g/mol. The van der Waals surface area contributed by atoms with Crippen molar-refractivity contribution in [2.75, 3.05) is 0 Å². The summed E-state index contributed by atoms with van der Waals surface area (Å²) in [5, 5.41) is 22.8. The first-order valence-corrected chi connectivity index (χ1v) is 10.3. The molecule has 0 amide bonds. The standard InChI is InChI=1S/C17H15N2O6PS/c1-17(2)16(11-26(24,25-17)13-6-4-3-5-7-13)27-15-9-8-12(18(20)21)10-14(15)19(22)23/h3-11H,1-2H3. The van der Waals surface area contributed by atoms with Crippen LogP contribution in [0.4, 0.5) is 11.4 Å². The van der Waals surface area contributed by atoms with Gasteiger partial charge in [0.2, 0.25) is 0 Å². The van der Waals surface area contributed by atoms with E-state index in [1.807, 2.05) is 0 Å². The molecule has 0 bridgehead atoms. The van der Waals surface area contributed by atoms with Crippen LogP contribution < -0.4 is 5.30 Å². The third-order valence-corrected chi connectivity index (χ3v) is 7.84. The maximum Gasteiger partial charge on any atom is 0.290 e. The molecule has 0 saturated carbocycles. The van der Waals surface area contributed by atoms with Gasteiger partial charge < -0.3 is 4.52 Å². The highest BCUT2D eigenvalue weighted by Crippen LogP contribution is 2.62. The van der Waals surface area contributed by atoms with Crippen molar-refractivity contribution in [2.45, 2.75) is 24.3 Å². The van der Waals surface area contributed by atoms with Crippen LogP contribution in [0.25, 0.3) is 0 Å². The molecule has 8 nitrogen and oxygen atoms in total. The summed E-state index contributed by atoms with van der Waals surface area (Å²) in [4.78, 5) is 21.6. The van der Waals surface area contributed by atoms with Gasteiger partial charge in [0.1, 0.15) is 5.60 Å². The van der Waals surface area contributed by atoms with Crippen molar-refractivity contribution < 1.29 is 18.9 Å². The van der Waals surface area contributed by atoms with Crippen LogP contribution in [0.1, 0.15) is 13.8 Å². The fourth-order valence-electron chi connectivity index (χ4n) is 2.60. The van der Waals surface area contributed by atoms with Gasteiger partial charge in [-0.3, -0.25) is 24.8 Å². The number of hydrogen-bond acceptors (Lipinski definition) is 7. The SMILES string of the molecule is CC1(C)OP(=O)(c2ccccc2)C=C1Sc1ccc([N+](=O)[O-])cc1[N+](=O)[O-]. The Morgan fingerprint density at radius 3 is 2.30 bits per heavy atom. The zero-order valence-electron chi connectivity index (χ0n) is 14.4. The average Bonchev–Trinajstić information content (AvgIpc) is 2.85. The quantitative estimate of drug-likeness (QED) is 0.396. The Bertz CT molecular complexity index is 1010. The molecular weight excluding hydrogens is 391 g/mol. The highest BCUT2D eigenvalue weighted by molar-refractivity contribution is 8.03. The summed E-state index contributed by atoms with van der Waals surface area (Å²) in [6.45, 7) is 3.46. The lowest BCUT2D eigenvalue weighted by molar-refractivity contribution is -0.396. The summed E-state index contributed by atoms with van der Waals surface area (Å²) in [6, 6.07) is 12.2. The Balaban J connectivity index is 2.02. The molecule has 3 rings (SSSR count). The Morgan fingerprint density at radius 1 is 1.04 bits per heavy atom. The second-order valence-electron chi connectivity index (χ2n) is 6.30. The largest absolute Gasteiger partial charge is 0.311 e. The van der Waals surface area contributed by atoms with Gasteiger partial charge in [0.15, 0.2) is 0 Å². The third kappa shape index (κ3) is 3.80. The normalized spacial score (nSPS) is 20.9. The highest BCUT2D eigenvalue weighted by atomic mass is 32.2. The number of benzene rings is 2. The maximum atomic E-state index is 13.3. The summed E-state index contributed by atoms with van der Waals surface area (Å²) >= 11 is 1.03. The lowest BCUT2D eigenvalue weighted by Gasteiger charge is -2.23. The molecule has 10 heteroatoms. The van der Waals surface area contributed by atoms with Crippen molar-refractivity contribution in [1.82, 2.24) is 0 Å². The van der Waals surface area contributed by atoms with E-state index < -0.39 is 22.8 Å². The van der Waals surface area contributed by atoms with Crippen molar-refractivity contribution in [2.24, 2.45) is 0 Å². The second-order valence-corrected chi connectivity index (χ2v) is 9.53. The summed E-state index contributed by atoms with van der Waals surface area (Å²) in [6.07, 6.45) is 0. The molecule has 1 heterocycles. The van der Waals surface area contributed by atoms with E-state index in [4.69, 9.17) is 4.52 Å². The highest BCUT2D eigenvalue weighted by Gasteiger charge is 2.43. The Labute approximate surface area is 159 Å². The zero-order chi connectivity index (χ0) is 19.8. The predicted octanol–water partition coefficient (Wildman–Crippen LogP) is 4.85. The minimum Gasteiger partial charge on any atom is -0.311 e. The van der Waals surface area contributed by atoms with Gasteiger partial charge in [-0.15, -0.1) is 0 Å². The Hall–Kier alpha value is -2.48. The van der Waals surface area contributed by atoms with Gasteiger partial charge in [-0.1, -0.05) is 30.0 Å². The number of nitro groups is 2. The molecular formula is C17H15N2O6PS. The molecule has 0 N–H and O–H groups in total. The molecule has 0 saturated heterocycles. The number of hydrogen-bond donors (Lipinski definition) is 0. The van der Waals surface area contributed by atoms with Crippen LogP contribution in [0.2, 0.25) is 0 Å². The van der Waals surface area contributed by atoms with Crippen LogP contribution in [-0.2, 0) is 9.09 Å². The van der Waals surface area contributed by atoms with E-state index >= 15 is 0 Å². The second kappa shape index (κ2) is 6.92. The number of non-ortho nitro benzene ring substituents is 1. The van der Waals surface area contributed by atoms with Crippen LogP contribution in [0.3, 0.4) is 0 Å². The minimum atomic E-state index is -3.26. The maximum absolute atomic E-state index is 13.3. The lowest BCUT2D eigenvalue weighted by Crippen LogP contribution is -2.21. The van der Waals surface area contributed by atoms with Gasteiger partial charge >= 0.3 is 0 Å². The van der Waals surface area contributed by atoms with Gasteiger partial charge in [0.05, 0.1) is 20.8 Å². The summed E-state index contributed by atoms with van der Waals surface area (Å²) < 4.78 is 19.1. The van der Waals surface area contributed by atoms with Gasteiger partial charge in [0.25, 0.3) is 18.7 Å². The Kier molecular flexibility index (Phi) is 4.94. The molecule has 0 spiro atoms. The first-order chi connectivity index (χ1) is 12.6. The molecule has 1 unspecified atom stereocenters. The van der Waals surface area contributed by atoms with Crippen LogP contribution >= 0.6 is 19.1 Å². The zero-order valence-corrected chi connectivity index (χ0v) is 16.1. The van der Waals surface area contributed by atoms with Crippen molar-refractivity contribution in [1.29, 1.82) is 0 Å². The van der Waals surface area contributed by atoms with Gasteiger partial charge in [0, 0.05) is 22.1 Å². The van der Waals surface area contributed by atoms with Gasteiger partial charge in [-0.05, 0) is 32.0 Å². The molecule has 140 valence electrons. The molecule has 1 aliphatic heterocycles. The molecule has 0 aliphatic carbocycles. The number of nitro benzene ring substituents is 2. The molecule has 0 aromatic heterocycles. The smallest absolute Gasteiger partial charge is 0.290 e. The molecule has 0 radical (unpaired) electrons. The first kappa shape index (κ1) is 19.3. The van der Waals surface area contributed by atoms with Crippen LogP contribution in [0.5, 0.6) is 0 Å². The number of thioether (sulfide) groups is 1. The fourth-order valence-corrected chi connectivity index (χ4v) is 6.48. The molecule has 2 aromatic rings. The summed E-state index contributed by atoms with van der Waals surface area (Å²) in [7, 11) is -3.26. The van der Waals surface area contributed by atoms with Crippen molar-refractivity contribution >= 4 is 35.8 Å². The topological polar surface area (TPSA) is 113 Å². The van der Waals surface area contributed by atoms with Crippen molar-refractivity contribution in [3.63, 3.8) is 0 Å². The van der Waals surface area contributed by atoms with E-state index in [9.17, 15) is 24.8 Å². The van der Waals surface area contributed by atoms with E-state index in [1.54, 1.807) is 44.2 Å². The number of nitrogens with zero attached hydrogens (tertiary/aromatic N) is 2. The first-order valence-electron chi connectivity index (χ1n) is 7.82. The van der Waals surface area contributed by atoms with Crippen LogP contribution in [-0.4, -0.2) is 15.4 Å². The van der Waals surface area contributed by atoms with Gasteiger partial charge in [-0.25, -0.2) is 0 Å². The van der Waals surface area contributed by atoms with E-state index in [0.29, 0.717) is 10.2 Å². The van der Waals surface area contributed by atoms with Crippen molar-refractivity contribution in [3.05, 3.63) is 79.5 Å². The fraction of sp³-hybridized carbons (Fsp3) is 0.176. The van der Waals surface area contributed by atoms with Gasteiger partial charge in [-0.2, -0.15) is 0 Å². The molecule has 0 fully saturated rings. The van der Waals surface area contributed by atoms with E-state index in [0.717, 1.165) is 17.8 Å². The number of rotatable bonds is 5. The average molecular weight is 406 g/mol. The van der Waals surface area contributed by atoms with E-state index in [-0.39, 0.29) is 16.3 Å². The molecule has 1 atom stereocenters. The molecule has 1 aliphatic rings. The summed E-state index contributed by atoms with van der Waals surface area (Å²) in [5.41, 5.74) is -1.67. The van der Waals surface area contributed by atoms with E-state index in [1.165, 1.54) is 17.9 Å². The van der Waals surface area contributed by atoms with Crippen molar-refractivity contribution in [3.8, 4) is 0 Å². The summed E-state index contributed by atoms with van der Waals surface area (Å²) in [5.74, 6) is 1.51.